The summed E-state index contributed by atoms with van der Waals surface area (Å²) < 4.78 is 0. The SMILES string of the molecule is CCCc1c(NCC)ncnc1NCCC(C)O. The van der Waals surface area contributed by atoms with Crippen LogP contribution in [-0.4, -0.2) is 34.3 Å². The Hall–Kier alpha value is -1.36. The van der Waals surface area contributed by atoms with E-state index >= 15 is 0 Å². The van der Waals surface area contributed by atoms with Crippen LogP contribution in [0.3, 0.4) is 0 Å². The van der Waals surface area contributed by atoms with Gasteiger partial charge in [-0.2, -0.15) is 0 Å². The molecule has 1 unspecified atom stereocenters. The van der Waals surface area contributed by atoms with Crippen LogP contribution in [0.1, 0.15) is 39.2 Å². The zero-order valence-corrected chi connectivity index (χ0v) is 11.5. The molecular formula is C13H24N4O. The van der Waals surface area contributed by atoms with E-state index in [1.165, 1.54) is 0 Å². The van der Waals surface area contributed by atoms with Crippen molar-refractivity contribution in [2.75, 3.05) is 23.7 Å². The van der Waals surface area contributed by atoms with Gasteiger partial charge in [0.25, 0.3) is 0 Å². The largest absolute Gasteiger partial charge is 0.393 e. The van der Waals surface area contributed by atoms with Crippen LogP contribution in [0, 0.1) is 0 Å². The van der Waals surface area contributed by atoms with Crippen molar-refractivity contribution in [3.8, 4) is 0 Å². The first kappa shape index (κ1) is 14.7. The van der Waals surface area contributed by atoms with Gasteiger partial charge in [-0.1, -0.05) is 13.3 Å². The molecule has 0 amide bonds. The van der Waals surface area contributed by atoms with Gasteiger partial charge in [-0.3, -0.25) is 0 Å². The summed E-state index contributed by atoms with van der Waals surface area (Å²) in [5.74, 6) is 1.79. The minimum absolute atomic E-state index is 0.290. The summed E-state index contributed by atoms with van der Waals surface area (Å²) in [5, 5.41) is 15.8. The summed E-state index contributed by atoms with van der Waals surface area (Å²) in [4.78, 5) is 8.57. The lowest BCUT2D eigenvalue weighted by molar-refractivity contribution is 0.188. The van der Waals surface area contributed by atoms with Gasteiger partial charge >= 0.3 is 0 Å². The summed E-state index contributed by atoms with van der Waals surface area (Å²) in [6, 6.07) is 0. The average molecular weight is 252 g/mol. The molecule has 1 atom stereocenters. The van der Waals surface area contributed by atoms with Crippen molar-refractivity contribution >= 4 is 11.6 Å². The molecule has 0 fully saturated rings. The molecule has 0 aliphatic carbocycles. The molecular weight excluding hydrogens is 228 g/mol. The molecule has 5 nitrogen and oxygen atoms in total. The van der Waals surface area contributed by atoms with Crippen molar-refractivity contribution in [3.05, 3.63) is 11.9 Å². The van der Waals surface area contributed by atoms with Gasteiger partial charge in [-0.25, -0.2) is 9.97 Å². The Morgan fingerprint density at radius 1 is 1.22 bits per heavy atom. The zero-order valence-electron chi connectivity index (χ0n) is 11.5. The van der Waals surface area contributed by atoms with Crippen LogP contribution in [0.25, 0.3) is 0 Å². The summed E-state index contributed by atoms with van der Waals surface area (Å²) in [5.41, 5.74) is 1.13. The minimum Gasteiger partial charge on any atom is -0.393 e. The summed E-state index contributed by atoms with van der Waals surface area (Å²) in [7, 11) is 0. The molecule has 0 spiro atoms. The smallest absolute Gasteiger partial charge is 0.134 e. The number of rotatable bonds is 8. The van der Waals surface area contributed by atoms with E-state index in [0.717, 1.165) is 43.1 Å². The Morgan fingerprint density at radius 2 is 1.89 bits per heavy atom. The third-order valence-corrected chi connectivity index (χ3v) is 2.64. The van der Waals surface area contributed by atoms with Gasteiger partial charge in [0.05, 0.1) is 6.10 Å². The molecule has 3 N–H and O–H groups in total. The molecule has 1 rings (SSSR count). The van der Waals surface area contributed by atoms with Gasteiger partial charge in [0, 0.05) is 18.7 Å². The molecule has 1 aromatic heterocycles. The molecule has 0 saturated carbocycles. The maximum Gasteiger partial charge on any atom is 0.134 e. The quantitative estimate of drug-likeness (QED) is 0.660. The number of hydrogen-bond acceptors (Lipinski definition) is 5. The van der Waals surface area contributed by atoms with E-state index in [-0.39, 0.29) is 6.10 Å². The molecule has 1 aromatic rings. The van der Waals surface area contributed by atoms with Crippen LogP contribution in [0.15, 0.2) is 6.33 Å². The Balaban J connectivity index is 2.77. The fourth-order valence-electron chi connectivity index (χ4n) is 1.77. The molecule has 102 valence electrons. The standard InChI is InChI=1S/C13H24N4O/c1-4-6-11-12(14-5-2)16-9-17-13(11)15-8-7-10(3)18/h9-10,18H,4-8H2,1-3H3,(H2,14,15,16,17). The van der Waals surface area contributed by atoms with Crippen LogP contribution in [0.5, 0.6) is 0 Å². The topological polar surface area (TPSA) is 70.1 Å². The highest BCUT2D eigenvalue weighted by Gasteiger charge is 2.09. The first-order valence-corrected chi connectivity index (χ1v) is 6.68. The van der Waals surface area contributed by atoms with Gasteiger partial charge in [0.2, 0.25) is 0 Å². The second-order valence-corrected chi connectivity index (χ2v) is 4.39. The van der Waals surface area contributed by atoms with Gasteiger partial charge in [0.1, 0.15) is 18.0 Å². The number of aromatic nitrogens is 2. The summed E-state index contributed by atoms with van der Waals surface area (Å²) >= 11 is 0. The molecule has 0 aliphatic rings. The third kappa shape index (κ3) is 4.49. The third-order valence-electron chi connectivity index (χ3n) is 2.64. The van der Waals surface area contributed by atoms with Gasteiger partial charge in [-0.15, -0.1) is 0 Å². The zero-order chi connectivity index (χ0) is 13.4. The number of nitrogens with one attached hydrogen (secondary N) is 2. The van der Waals surface area contributed by atoms with Gasteiger partial charge < -0.3 is 15.7 Å². The molecule has 0 radical (unpaired) electrons. The molecule has 18 heavy (non-hydrogen) atoms. The Bertz CT molecular complexity index is 355. The second kappa shape index (κ2) is 7.87. The molecule has 1 heterocycles. The van der Waals surface area contributed by atoms with Gasteiger partial charge in [0.15, 0.2) is 0 Å². The van der Waals surface area contributed by atoms with E-state index in [4.69, 9.17) is 0 Å². The lowest BCUT2D eigenvalue weighted by atomic mass is 10.1. The maximum atomic E-state index is 9.26. The minimum atomic E-state index is -0.290. The first-order chi connectivity index (χ1) is 8.69. The predicted octanol–water partition coefficient (Wildman–Crippen LogP) is 2.04. The van der Waals surface area contributed by atoms with Crippen LogP contribution in [0.4, 0.5) is 11.6 Å². The highest BCUT2D eigenvalue weighted by molar-refractivity contribution is 5.57. The number of hydrogen-bond donors (Lipinski definition) is 3. The van der Waals surface area contributed by atoms with Crippen molar-refractivity contribution in [2.24, 2.45) is 0 Å². The van der Waals surface area contributed by atoms with Crippen LogP contribution in [0.2, 0.25) is 0 Å². The molecule has 0 saturated heterocycles. The van der Waals surface area contributed by atoms with E-state index in [1.54, 1.807) is 13.3 Å². The monoisotopic (exact) mass is 252 g/mol. The fourth-order valence-corrected chi connectivity index (χ4v) is 1.77. The van der Waals surface area contributed by atoms with E-state index < -0.39 is 0 Å². The number of aliphatic hydroxyl groups is 1. The fraction of sp³-hybridized carbons (Fsp3) is 0.692. The van der Waals surface area contributed by atoms with E-state index in [2.05, 4.69) is 34.4 Å². The van der Waals surface area contributed by atoms with Crippen molar-refractivity contribution < 1.29 is 5.11 Å². The predicted molar refractivity (Wildman–Crippen MR) is 75.0 cm³/mol. The lowest BCUT2D eigenvalue weighted by Gasteiger charge is -2.14. The number of nitrogens with zero attached hydrogens (tertiary/aromatic N) is 2. The van der Waals surface area contributed by atoms with E-state index in [1.807, 2.05) is 0 Å². The van der Waals surface area contributed by atoms with E-state index in [0.29, 0.717) is 6.42 Å². The lowest BCUT2D eigenvalue weighted by Crippen LogP contribution is -2.14. The van der Waals surface area contributed by atoms with Crippen LogP contribution < -0.4 is 10.6 Å². The van der Waals surface area contributed by atoms with Crippen molar-refractivity contribution in [3.63, 3.8) is 0 Å². The van der Waals surface area contributed by atoms with Crippen LogP contribution >= 0.6 is 0 Å². The number of anilines is 2. The van der Waals surface area contributed by atoms with Crippen molar-refractivity contribution in [2.45, 2.75) is 46.1 Å². The van der Waals surface area contributed by atoms with E-state index in [9.17, 15) is 5.11 Å². The van der Waals surface area contributed by atoms with Gasteiger partial charge in [-0.05, 0) is 26.7 Å². The van der Waals surface area contributed by atoms with Crippen molar-refractivity contribution in [1.29, 1.82) is 0 Å². The summed E-state index contributed by atoms with van der Waals surface area (Å²) in [6.07, 6.45) is 3.99. The Morgan fingerprint density at radius 3 is 2.44 bits per heavy atom. The number of aliphatic hydroxyl groups excluding tert-OH is 1. The molecule has 5 heteroatoms. The Labute approximate surface area is 109 Å². The molecule has 0 aromatic carbocycles. The molecule has 0 bridgehead atoms. The molecule has 0 aliphatic heterocycles. The highest BCUT2D eigenvalue weighted by Crippen LogP contribution is 2.21. The maximum absolute atomic E-state index is 9.26. The second-order valence-electron chi connectivity index (χ2n) is 4.39. The first-order valence-electron chi connectivity index (χ1n) is 6.68. The average Bonchev–Trinajstić information content (AvgIpc) is 2.33. The Kier molecular flexibility index (Phi) is 6.43. The highest BCUT2D eigenvalue weighted by atomic mass is 16.3. The van der Waals surface area contributed by atoms with Crippen LogP contribution in [-0.2, 0) is 6.42 Å². The van der Waals surface area contributed by atoms with Crippen molar-refractivity contribution in [1.82, 2.24) is 9.97 Å². The normalized spacial score (nSPS) is 12.2. The summed E-state index contributed by atoms with van der Waals surface area (Å²) in [6.45, 7) is 7.55.